The fourth-order valence-corrected chi connectivity index (χ4v) is 3.33. The van der Waals surface area contributed by atoms with Gasteiger partial charge in [0.05, 0.1) is 0 Å². The summed E-state index contributed by atoms with van der Waals surface area (Å²) in [5, 5.41) is 0. The van der Waals surface area contributed by atoms with E-state index in [1.807, 2.05) is 0 Å². The fourth-order valence-electron chi connectivity index (χ4n) is 3.33. The lowest BCUT2D eigenvalue weighted by molar-refractivity contribution is 0.198. The van der Waals surface area contributed by atoms with Gasteiger partial charge in [0.15, 0.2) is 0 Å². The molecule has 0 N–H and O–H groups in total. The number of aryl methyl sites for hydroxylation is 4. The first-order valence-corrected chi connectivity index (χ1v) is 6.85. The summed E-state index contributed by atoms with van der Waals surface area (Å²) >= 11 is 0. The van der Waals surface area contributed by atoms with Crippen molar-refractivity contribution in [1.82, 2.24) is 9.13 Å². The molecule has 0 unspecified atom stereocenters. The van der Waals surface area contributed by atoms with E-state index < -0.39 is 0 Å². The Labute approximate surface area is 109 Å². The van der Waals surface area contributed by atoms with Crippen molar-refractivity contribution >= 4 is 0 Å². The highest BCUT2D eigenvalue weighted by Gasteiger charge is 2.32. The van der Waals surface area contributed by atoms with E-state index in [2.05, 4.69) is 61.4 Å². The fraction of sp³-hybridized carbons (Fsp3) is 0.500. The Morgan fingerprint density at radius 1 is 0.778 bits per heavy atom. The van der Waals surface area contributed by atoms with E-state index in [4.69, 9.17) is 0 Å². The molecule has 1 aliphatic rings. The molecule has 96 valence electrons. The van der Waals surface area contributed by atoms with Gasteiger partial charge < -0.3 is 9.13 Å². The van der Waals surface area contributed by atoms with Gasteiger partial charge in [-0.1, -0.05) is 0 Å². The molecule has 2 heterocycles. The van der Waals surface area contributed by atoms with E-state index in [1.54, 1.807) is 0 Å². The average molecular weight is 242 g/mol. The molecule has 1 aliphatic carbocycles. The molecule has 1 saturated carbocycles. The van der Waals surface area contributed by atoms with Crippen molar-refractivity contribution in [1.29, 1.82) is 0 Å². The van der Waals surface area contributed by atoms with Crippen molar-refractivity contribution in [2.24, 2.45) is 0 Å². The van der Waals surface area contributed by atoms with Gasteiger partial charge in [0.1, 0.15) is 0 Å². The summed E-state index contributed by atoms with van der Waals surface area (Å²) in [6.45, 7) is 8.79. The molecule has 0 bridgehead atoms. The predicted molar refractivity (Wildman–Crippen MR) is 75.1 cm³/mol. The van der Waals surface area contributed by atoms with Crippen LogP contribution in [0.4, 0.5) is 0 Å². The Kier molecular flexibility index (Phi) is 2.61. The molecular weight excluding hydrogens is 220 g/mol. The first-order valence-electron chi connectivity index (χ1n) is 6.85. The number of hydrogen-bond acceptors (Lipinski definition) is 0. The van der Waals surface area contributed by atoms with Crippen molar-refractivity contribution in [3.05, 3.63) is 47.0 Å². The van der Waals surface area contributed by atoms with Gasteiger partial charge in [-0.2, -0.15) is 0 Å². The molecule has 0 radical (unpaired) electrons. The SMILES string of the molecule is Cc1cc(C)n(C2CC(n3cc(C)cc3C)C2)c1. The third-order valence-electron chi connectivity index (χ3n) is 4.25. The van der Waals surface area contributed by atoms with Crippen LogP contribution >= 0.6 is 0 Å². The molecule has 2 heteroatoms. The van der Waals surface area contributed by atoms with Crippen LogP contribution in [0, 0.1) is 27.7 Å². The van der Waals surface area contributed by atoms with Crippen molar-refractivity contribution in [2.75, 3.05) is 0 Å². The lowest BCUT2D eigenvalue weighted by Crippen LogP contribution is -2.29. The Bertz CT molecular complexity index is 518. The zero-order valence-electron chi connectivity index (χ0n) is 11.8. The lowest BCUT2D eigenvalue weighted by atomic mass is 9.86. The maximum Gasteiger partial charge on any atom is 0.0372 e. The molecule has 0 amide bonds. The standard InChI is InChI=1S/C16H22N2/c1-11-5-13(3)17(9-11)15-7-16(8-15)18-10-12(2)6-14(18)4/h5-6,9-10,15-16H,7-8H2,1-4H3. The van der Waals surface area contributed by atoms with Crippen LogP contribution in [0.25, 0.3) is 0 Å². The second-order valence-electron chi connectivity index (χ2n) is 5.91. The molecule has 0 spiro atoms. The van der Waals surface area contributed by atoms with Gasteiger partial charge in [-0.15, -0.1) is 0 Å². The Balaban J connectivity index is 1.74. The summed E-state index contributed by atoms with van der Waals surface area (Å²) in [4.78, 5) is 0. The molecular formula is C16H22N2. The highest BCUT2D eigenvalue weighted by atomic mass is 15.1. The minimum absolute atomic E-state index is 0.700. The summed E-state index contributed by atoms with van der Waals surface area (Å²) < 4.78 is 4.91. The van der Waals surface area contributed by atoms with Crippen molar-refractivity contribution in [2.45, 2.75) is 52.6 Å². The number of nitrogens with zero attached hydrogens (tertiary/aromatic N) is 2. The zero-order valence-corrected chi connectivity index (χ0v) is 11.8. The van der Waals surface area contributed by atoms with Crippen LogP contribution in [0.3, 0.4) is 0 Å². The Morgan fingerprint density at radius 2 is 1.17 bits per heavy atom. The lowest BCUT2D eigenvalue weighted by Gasteiger charge is -2.39. The molecule has 0 aliphatic heterocycles. The van der Waals surface area contributed by atoms with E-state index in [1.165, 1.54) is 35.4 Å². The molecule has 2 aromatic heterocycles. The van der Waals surface area contributed by atoms with Crippen molar-refractivity contribution in [3.8, 4) is 0 Å². The van der Waals surface area contributed by atoms with Gasteiger partial charge >= 0.3 is 0 Å². The van der Waals surface area contributed by atoms with Crippen LogP contribution in [0.1, 0.15) is 47.4 Å². The zero-order chi connectivity index (χ0) is 12.9. The monoisotopic (exact) mass is 242 g/mol. The van der Waals surface area contributed by atoms with Gasteiger partial charge in [0.2, 0.25) is 0 Å². The van der Waals surface area contributed by atoms with Gasteiger partial charge in [0, 0.05) is 35.9 Å². The van der Waals surface area contributed by atoms with Crippen LogP contribution < -0.4 is 0 Å². The Morgan fingerprint density at radius 3 is 1.44 bits per heavy atom. The van der Waals surface area contributed by atoms with Gasteiger partial charge in [0.25, 0.3) is 0 Å². The number of hydrogen-bond donors (Lipinski definition) is 0. The van der Waals surface area contributed by atoms with E-state index in [-0.39, 0.29) is 0 Å². The molecule has 1 fully saturated rings. The van der Waals surface area contributed by atoms with E-state index in [9.17, 15) is 0 Å². The summed E-state index contributed by atoms with van der Waals surface area (Å²) in [6, 6.07) is 5.95. The van der Waals surface area contributed by atoms with Crippen molar-refractivity contribution < 1.29 is 0 Å². The van der Waals surface area contributed by atoms with Crippen LogP contribution in [-0.4, -0.2) is 9.13 Å². The minimum atomic E-state index is 0.700. The first-order chi connectivity index (χ1) is 8.54. The van der Waals surface area contributed by atoms with E-state index in [0.717, 1.165) is 0 Å². The topological polar surface area (TPSA) is 9.86 Å². The van der Waals surface area contributed by atoms with Gasteiger partial charge in [-0.3, -0.25) is 0 Å². The molecule has 0 atom stereocenters. The minimum Gasteiger partial charge on any atom is -0.348 e. The molecule has 0 saturated heterocycles. The second kappa shape index (κ2) is 4.04. The highest BCUT2D eigenvalue weighted by molar-refractivity contribution is 5.20. The van der Waals surface area contributed by atoms with Crippen LogP contribution in [0.2, 0.25) is 0 Å². The maximum atomic E-state index is 2.46. The maximum absolute atomic E-state index is 2.46. The van der Waals surface area contributed by atoms with Crippen LogP contribution in [-0.2, 0) is 0 Å². The third-order valence-corrected chi connectivity index (χ3v) is 4.25. The summed E-state index contributed by atoms with van der Waals surface area (Å²) in [6.07, 6.45) is 7.13. The number of rotatable bonds is 2. The first kappa shape index (κ1) is 11.6. The van der Waals surface area contributed by atoms with Crippen LogP contribution in [0.5, 0.6) is 0 Å². The molecule has 2 nitrogen and oxygen atoms in total. The molecule has 0 aromatic carbocycles. The normalized spacial score (nSPS) is 23.1. The summed E-state index contributed by atoms with van der Waals surface area (Å²) in [5.41, 5.74) is 5.56. The molecule has 3 rings (SSSR count). The third kappa shape index (κ3) is 1.80. The molecule has 18 heavy (non-hydrogen) atoms. The quantitative estimate of drug-likeness (QED) is 0.750. The summed E-state index contributed by atoms with van der Waals surface area (Å²) in [5.74, 6) is 0. The van der Waals surface area contributed by atoms with Gasteiger partial charge in [-0.05, 0) is 63.8 Å². The largest absolute Gasteiger partial charge is 0.348 e. The molecule has 2 aromatic rings. The van der Waals surface area contributed by atoms with E-state index in [0.29, 0.717) is 12.1 Å². The number of aromatic nitrogens is 2. The van der Waals surface area contributed by atoms with Gasteiger partial charge in [-0.25, -0.2) is 0 Å². The van der Waals surface area contributed by atoms with E-state index >= 15 is 0 Å². The Hall–Kier alpha value is -1.44. The average Bonchev–Trinajstić information content (AvgIpc) is 2.69. The summed E-state index contributed by atoms with van der Waals surface area (Å²) in [7, 11) is 0. The second-order valence-corrected chi connectivity index (χ2v) is 5.91. The highest BCUT2D eigenvalue weighted by Crippen LogP contribution is 2.43. The predicted octanol–water partition coefficient (Wildman–Crippen LogP) is 4.10. The van der Waals surface area contributed by atoms with Crippen LogP contribution in [0.15, 0.2) is 24.5 Å². The smallest absolute Gasteiger partial charge is 0.0372 e. The van der Waals surface area contributed by atoms with Crippen molar-refractivity contribution in [3.63, 3.8) is 0 Å².